The zero-order valence-corrected chi connectivity index (χ0v) is 13.5. The van der Waals surface area contributed by atoms with Gasteiger partial charge in [0, 0.05) is 18.3 Å². The van der Waals surface area contributed by atoms with Gasteiger partial charge in [0.15, 0.2) is 0 Å². The zero-order chi connectivity index (χ0) is 16.8. The van der Waals surface area contributed by atoms with Crippen molar-refractivity contribution in [3.8, 4) is 5.88 Å². The quantitative estimate of drug-likeness (QED) is 0.719. The number of hydrogen-bond acceptors (Lipinski definition) is 5. The van der Waals surface area contributed by atoms with Crippen LogP contribution in [0.5, 0.6) is 5.88 Å². The van der Waals surface area contributed by atoms with Crippen LogP contribution in [-0.4, -0.2) is 15.2 Å². The van der Waals surface area contributed by atoms with E-state index in [-0.39, 0.29) is 5.02 Å². The van der Waals surface area contributed by atoms with E-state index >= 15 is 0 Å². The van der Waals surface area contributed by atoms with Crippen molar-refractivity contribution in [1.29, 1.82) is 0 Å². The maximum Gasteiger partial charge on any atom is 0.285 e. The predicted octanol–water partition coefficient (Wildman–Crippen LogP) is 3.01. The summed E-state index contributed by atoms with van der Waals surface area (Å²) in [4.78, 5) is 15.7. The van der Waals surface area contributed by atoms with Gasteiger partial charge in [-0.2, -0.15) is 5.10 Å². The molecule has 122 valence electrons. The summed E-state index contributed by atoms with van der Waals surface area (Å²) in [5.41, 5.74) is 1.93. The van der Waals surface area contributed by atoms with Crippen molar-refractivity contribution < 1.29 is 4.74 Å². The van der Waals surface area contributed by atoms with Crippen LogP contribution < -0.4 is 15.6 Å². The van der Waals surface area contributed by atoms with E-state index in [0.717, 1.165) is 11.1 Å². The third-order valence-corrected chi connectivity index (χ3v) is 3.71. The molecule has 0 saturated heterocycles. The number of H-pyrrole nitrogens is 1. The van der Waals surface area contributed by atoms with Crippen LogP contribution in [0.15, 0.2) is 59.7 Å². The number of hydrogen-bond donors (Lipinski definition) is 2. The van der Waals surface area contributed by atoms with Gasteiger partial charge in [0.1, 0.15) is 11.6 Å². The maximum absolute atomic E-state index is 11.5. The molecule has 3 rings (SSSR count). The number of anilines is 1. The molecule has 0 atom stereocenters. The number of halogens is 1. The molecule has 2 heterocycles. The van der Waals surface area contributed by atoms with Crippen molar-refractivity contribution >= 4 is 17.3 Å². The lowest BCUT2D eigenvalue weighted by atomic mass is 10.2. The summed E-state index contributed by atoms with van der Waals surface area (Å²) in [6.45, 7) is 0.834. The second-order valence-electron chi connectivity index (χ2n) is 5.02. The number of nitrogens with zero attached hydrogens (tertiary/aromatic N) is 2. The highest BCUT2D eigenvalue weighted by atomic mass is 35.5. The van der Waals surface area contributed by atoms with Crippen LogP contribution in [0.2, 0.25) is 5.02 Å². The Morgan fingerprint density at radius 3 is 2.83 bits per heavy atom. The fourth-order valence-electron chi connectivity index (χ4n) is 2.11. The normalized spacial score (nSPS) is 10.4. The topological polar surface area (TPSA) is 79.9 Å². The lowest BCUT2D eigenvalue weighted by molar-refractivity contribution is 0.291. The van der Waals surface area contributed by atoms with E-state index in [1.807, 2.05) is 42.5 Å². The molecule has 0 aliphatic rings. The van der Waals surface area contributed by atoms with E-state index in [9.17, 15) is 4.79 Å². The van der Waals surface area contributed by atoms with Crippen molar-refractivity contribution in [3.05, 3.63) is 81.4 Å². The number of benzene rings is 1. The Labute approximate surface area is 143 Å². The molecule has 0 aliphatic carbocycles. The number of nitrogens with one attached hydrogen (secondary N) is 2. The van der Waals surface area contributed by atoms with Crippen molar-refractivity contribution in [2.45, 2.75) is 13.2 Å². The zero-order valence-electron chi connectivity index (χ0n) is 12.7. The fraction of sp³-hybridized carbons (Fsp3) is 0.118. The Hall–Kier alpha value is -2.86. The molecular weight excluding hydrogens is 328 g/mol. The van der Waals surface area contributed by atoms with Gasteiger partial charge < -0.3 is 10.1 Å². The largest absolute Gasteiger partial charge is 0.473 e. The minimum absolute atomic E-state index is 0.0700. The Kier molecular flexibility index (Phi) is 5.08. The molecule has 2 aromatic heterocycles. The number of aromatic nitrogens is 3. The summed E-state index contributed by atoms with van der Waals surface area (Å²) in [6.07, 6.45) is 3.14. The van der Waals surface area contributed by atoms with Gasteiger partial charge in [-0.15, -0.1) is 0 Å². The Balaban J connectivity index is 1.70. The van der Waals surface area contributed by atoms with Gasteiger partial charge in [-0.3, -0.25) is 4.79 Å². The molecule has 7 heteroatoms. The molecule has 6 nitrogen and oxygen atoms in total. The summed E-state index contributed by atoms with van der Waals surface area (Å²) in [5.74, 6) is 0.530. The number of ether oxygens (including phenoxy) is 1. The molecule has 0 aliphatic heterocycles. The van der Waals surface area contributed by atoms with Gasteiger partial charge in [-0.1, -0.05) is 48.0 Å². The van der Waals surface area contributed by atoms with Crippen LogP contribution in [-0.2, 0) is 13.2 Å². The van der Waals surface area contributed by atoms with Crippen LogP contribution >= 0.6 is 11.6 Å². The highest BCUT2D eigenvalue weighted by Gasteiger charge is 2.08. The van der Waals surface area contributed by atoms with Gasteiger partial charge >= 0.3 is 0 Å². The summed E-state index contributed by atoms with van der Waals surface area (Å²) in [5, 5.41) is 9.14. The Bertz CT molecular complexity index is 868. The van der Waals surface area contributed by atoms with E-state index < -0.39 is 5.56 Å². The molecule has 0 bridgehead atoms. The second kappa shape index (κ2) is 7.61. The lowest BCUT2D eigenvalue weighted by Crippen LogP contribution is -2.12. The number of rotatable bonds is 6. The molecule has 24 heavy (non-hydrogen) atoms. The molecule has 2 N–H and O–H groups in total. The highest BCUT2D eigenvalue weighted by molar-refractivity contribution is 6.32. The average molecular weight is 343 g/mol. The van der Waals surface area contributed by atoms with E-state index in [4.69, 9.17) is 16.3 Å². The fourth-order valence-corrected chi connectivity index (χ4v) is 2.27. The SMILES string of the molecule is O=c1[nH]ncc(NCc2cccnc2OCc2ccccc2)c1Cl. The van der Waals surface area contributed by atoms with Gasteiger partial charge in [0.25, 0.3) is 5.56 Å². The molecule has 0 saturated carbocycles. The van der Waals surface area contributed by atoms with Crippen LogP contribution in [0.25, 0.3) is 0 Å². The van der Waals surface area contributed by atoms with Crippen molar-refractivity contribution in [2.24, 2.45) is 0 Å². The van der Waals surface area contributed by atoms with Gasteiger partial charge in [0.05, 0.1) is 11.9 Å². The average Bonchev–Trinajstić information content (AvgIpc) is 2.63. The maximum atomic E-state index is 11.5. The standard InChI is InChI=1S/C17H15ClN4O2/c18-15-14(10-21-22-16(15)23)20-9-13-7-4-8-19-17(13)24-11-12-5-2-1-3-6-12/h1-8,10H,9,11H2,(H2,20,22,23). The van der Waals surface area contributed by atoms with E-state index in [0.29, 0.717) is 24.7 Å². The van der Waals surface area contributed by atoms with Crippen LogP contribution in [0.1, 0.15) is 11.1 Å². The number of pyridine rings is 1. The monoisotopic (exact) mass is 342 g/mol. The minimum atomic E-state index is -0.437. The van der Waals surface area contributed by atoms with Crippen LogP contribution in [0, 0.1) is 0 Å². The summed E-state index contributed by atoms with van der Waals surface area (Å²) >= 11 is 5.95. The van der Waals surface area contributed by atoms with Gasteiger partial charge in [-0.25, -0.2) is 10.1 Å². The van der Waals surface area contributed by atoms with E-state index in [2.05, 4.69) is 20.5 Å². The Morgan fingerprint density at radius 1 is 1.17 bits per heavy atom. The summed E-state index contributed by atoms with van der Waals surface area (Å²) in [6, 6.07) is 13.6. The molecule has 1 aromatic carbocycles. The first-order valence-electron chi connectivity index (χ1n) is 7.31. The minimum Gasteiger partial charge on any atom is -0.473 e. The predicted molar refractivity (Wildman–Crippen MR) is 92.2 cm³/mol. The first-order valence-corrected chi connectivity index (χ1v) is 7.69. The smallest absolute Gasteiger partial charge is 0.285 e. The van der Waals surface area contributed by atoms with Crippen molar-refractivity contribution in [3.63, 3.8) is 0 Å². The van der Waals surface area contributed by atoms with E-state index in [1.165, 1.54) is 6.20 Å². The summed E-state index contributed by atoms with van der Waals surface area (Å²) < 4.78 is 5.80. The first kappa shape index (κ1) is 16.0. The second-order valence-corrected chi connectivity index (χ2v) is 5.40. The molecule has 0 amide bonds. The third kappa shape index (κ3) is 3.91. The van der Waals surface area contributed by atoms with Crippen LogP contribution in [0.4, 0.5) is 5.69 Å². The molecule has 0 fully saturated rings. The van der Waals surface area contributed by atoms with Gasteiger partial charge in [0.2, 0.25) is 5.88 Å². The Morgan fingerprint density at radius 2 is 2.00 bits per heavy atom. The van der Waals surface area contributed by atoms with Crippen molar-refractivity contribution in [1.82, 2.24) is 15.2 Å². The third-order valence-electron chi connectivity index (χ3n) is 3.33. The van der Waals surface area contributed by atoms with E-state index in [1.54, 1.807) is 6.20 Å². The lowest BCUT2D eigenvalue weighted by Gasteiger charge is -2.12. The van der Waals surface area contributed by atoms with Gasteiger partial charge in [-0.05, 0) is 11.6 Å². The first-order chi connectivity index (χ1) is 11.7. The molecule has 0 unspecified atom stereocenters. The van der Waals surface area contributed by atoms with Crippen LogP contribution in [0.3, 0.4) is 0 Å². The molecule has 3 aromatic rings. The van der Waals surface area contributed by atoms with Crippen molar-refractivity contribution in [2.75, 3.05) is 5.32 Å². The molecule has 0 spiro atoms. The molecule has 0 radical (unpaired) electrons. The highest BCUT2D eigenvalue weighted by Crippen LogP contribution is 2.20. The molecular formula is C17H15ClN4O2. The summed E-state index contributed by atoms with van der Waals surface area (Å²) in [7, 11) is 0. The number of aromatic amines is 1.